The molecule has 1 aliphatic heterocycles. The number of aromatic nitrogens is 1. The average molecular weight is 238 g/mol. The second-order valence-corrected chi connectivity index (χ2v) is 5.39. The van der Waals surface area contributed by atoms with E-state index in [1.165, 1.54) is 30.9 Å². The van der Waals surface area contributed by atoms with Crippen molar-refractivity contribution in [2.24, 2.45) is 0 Å². The Morgan fingerprint density at radius 3 is 2.94 bits per heavy atom. The summed E-state index contributed by atoms with van der Waals surface area (Å²) >= 11 is 1.71. The molecule has 1 aliphatic rings. The second-order valence-electron chi connectivity index (χ2n) is 4.24. The van der Waals surface area contributed by atoms with E-state index < -0.39 is 0 Å². The van der Waals surface area contributed by atoms with Gasteiger partial charge in [-0.25, -0.2) is 4.98 Å². The number of carbonyl (C=O) groups excluding carboxylic acids is 1. The molecule has 3 nitrogen and oxygen atoms in total. The summed E-state index contributed by atoms with van der Waals surface area (Å²) in [5, 5.41) is 1.23. The third-order valence-electron chi connectivity index (χ3n) is 3.24. The first-order valence-electron chi connectivity index (χ1n) is 5.94. The summed E-state index contributed by atoms with van der Waals surface area (Å²) in [5.74, 6) is 0.619. The third-order valence-corrected chi connectivity index (χ3v) is 4.42. The Balaban J connectivity index is 1.94. The molecule has 88 valence electrons. The largest absolute Gasteiger partial charge is 0.304 e. The lowest BCUT2D eigenvalue weighted by Crippen LogP contribution is -2.32. The topological polar surface area (TPSA) is 33.2 Å². The number of hydrogen-bond donors (Lipinski definition) is 0. The van der Waals surface area contributed by atoms with E-state index in [4.69, 9.17) is 0 Å². The summed E-state index contributed by atoms with van der Waals surface area (Å²) in [6, 6.07) is 0. The van der Waals surface area contributed by atoms with Gasteiger partial charge in [-0.2, -0.15) is 0 Å². The SMILES string of the molecule is CCN1CCC(c2ncc(CC=O)s2)CC1. The van der Waals surface area contributed by atoms with E-state index in [0.717, 1.165) is 17.7 Å². The first kappa shape index (κ1) is 11.7. The molecule has 0 aliphatic carbocycles. The Kier molecular flexibility index (Phi) is 4.07. The molecule has 16 heavy (non-hydrogen) atoms. The summed E-state index contributed by atoms with van der Waals surface area (Å²) in [6.07, 6.45) is 5.76. The number of thiazole rings is 1. The van der Waals surface area contributed by atoms with E-state index in [-0.39, 0.29) is 0 Å². The van der Waals surface area contributed by atoms with Crippen LogP contribution >= 0.6 is 11.3 Å². The summed E-state index contributed by atoms with van der Waals surface area (Å²) in [6.45, 7) is 5.74. The standard InChI is InChI=1S/C12H18N2OS/c1-2-14-6-3-10(4-7-14)12-13-9-11(16-12)5-8-15/h8-10H,2-7H2,1H3. The minimum absolute atomic E-state index is 0.519. The number of piperidine rings is 1. The van der Waals surface area contributed by atoms with Gasteiger partial charge in [0.2, 0.25) is 0 Å². The Bertz CT molecular complexity index is 343. The number of nitrogens with zero attached hydrogens (tertiary/aromatic N) is 2. The first-order valence-corrected chi connectivity index (χ1v) is 6.75. The van der Waals surface area contributed by atoms with Gasteiger partial charge in [0.05, 0.1) is 5.01 Å². The lowest BCUT2D eigenvalue weighted by Gasteiger charge is -2.29. The van der Waals surface area contributed by atoms with Gasteiger partial charge in [0.25, 0.3) is 0 Å². The smallest absolute Gasteiger partial charge is 0.125 e. The maximum Gasteiger partial charge on any atom is 0.125 e. The summed E-state index contributed by atoms with van der Waals surface area (Å²) in [4.78, 5) is 18.4. The number of aldehydes is 1. The molecule has 4 heteroatoms. The van der Waals surface area contributed by atoms with Crippen LogP contribution in [0.1, 0.15) is 35.6 Å². The van der Waals surface area contributed by atoms with Gasteiger partial charge in [-0.05, 0) is 32.5 Å². The molecule has 0 amide bonds. The van der Waals surface area contributed by atoms with Crippen molar-refractivity contribution in [3.63, 3.8) is 0 Å². The number of hydrogen-bond acceptors (Lipinski definition) is 4. The molecule has 1 saturated heterocycles. The highest BCUT2D eigenvalue weighted by Crippen LogP contribution is 2.30. The highest BCUT2D eigenvalue weighted by atomic mass is 32.1. The van der Waals surface area contributed by atoms with Crippen molar-refractivity contribution in [3.8, 4) is 0 Å². The summed E-state index contributed by atoms with van der Waals surface area (Å²) in [7, 11) is 0. The van der Waals surface area contributed by atoms with E-state index in [2.05, 4.69) is 16.8 Å². The molecule has 0 spiro atoms. The third kappa shape index (κ3) is 2.68. The Morgan fingerprint density at radius 2 is 2.31 bits per heavy atom. The van der Waals surface area contributed by atoms with Crippen molar-refractivity contribution >= 4 is 17.6 Å². The van der Waals surface area contributed by atoms with Crippen molar-refractivity contribution in [2.45, 2.75) is 32.1 Å². The monoisotopic (exact) mass is 238 g/mol. The molecule has 1 aromatic heterocycles. The summed E-state index contributed by atoms with van der Waals surface area (Å²) < 4.78 is 0. The van der Waals surface area contributed by atoms with E-state index in [1.54, 1.807) is 11.3 Å². The molecule has 2 rings (SSSR count). The second kappa shape index (κ2) is 5.55. The first-order chi connectivity index (χ1) is 7.83. The Morgan fingerprint density at radius 1 is 1.56 bits per heavy atom. The van der Waals surface area contributed by atoms with Crippen LogP contribution in [-0.4, -0.2) is 35.8 Å². The van der Waals surface area contributed by atoms with Gasteiger partial charge in [-0.1, -0.05) is 6.92 Å². The molecule has 0 aromatic carbocycles. The molecule has 0 saturated carbocycles. The molecule has 0 atom stereocenters. The molecule has 2 heterocycles. The predicted octanol–water partition coefficient (Wildman–Crippen LogP) is 2.08. The zero-order chi connectivity index (χ0) is 11.4. The van der Waals surface area contributed by atoms with Gasteiger partial charge in [-0.3, -0.25) is 0 Å². The average Bonchev–Trinajstić information content (AvgIpc) is 2.78. The molecular weight excluding hydrogens is 220 g/mol. The lowest BCUT2D eigenvalue weighted by atomic mass is 9.98. The van der Waals surface area contributed by atoms with Crippen LogP contribution in [-0.2, 0) is 11.2 Å². The van der Waals surface area contributed by atoms with Crippen LogP contribution in [0.2, 0.25) is 0 Å². The predicted molar refractivity (Wildman–Crippen MR) is 66.0 cm³/mol. The molecule has 0 N–H and O–H groups in total. The maximum atomic E-state index is 10.4. The zero-order valence-corrected chi connectivity index (χ0v) is 10.5. The van der Waals surface area contributed by atoms with Gasteiger partial charge in [0.15, 0.2) is 0 Å². The highest BCUT2D eigenvalue weighted by Gasteiger charge is 2.21. The fourth-order valence-electron chi connectivity index (χ4n) is 2.18. The van der Waals surface area contributed by atoms with E-state index in [9.17, 15) is 4.79 Å². The van der Waals surface area contributed by atoms with Crippen LogP contribution < -0.4 is 0 Å². The minimum Gasteiger partial charge on any atom is -0.304 e. The fourth-order valence-corrected chi connectivity index (χ4v) is 3.22. The van der Waals surface area contributed by atoms with Crippen molar-refractivity contribution in [2.75, 3.05) is 19.6 Å². The van der Waals surface area contributed by atoms with Gasteiger partial charge >= 0.3 is 0 Å². The molecule has 0 bridgehead atoms. The number of rotatable bonds is 4. The Labute approximate surface area is 100 Å². The molecular formula is C12H18N2OS. The van der Waals surface area contributed by atoms with Gasteiger partial charge in [0.1, 0.15) is 6.29 Å². The van der Waals surface area contributed by atoms with Crippen LogP contribution in [0, 0.1) is 0 Å². The number of likely N-dealkylation sites (tertiary alicyclic amines) is 1. The lowest BCUT2D eigenvalue weighted by molar-refractivity contribution is -0.107. The van der Waals surface area contributed by atoms with Crippen molar-refractivity contribution in [1.29, 1.82) is 0 Å². The quantitative estimate of drug-likeness (QED) is 0.753. The summed E-state index contributed by atoms with van der Waals surface area (Å²) in [5.41, 5.74) is 0. The van der Waals surface area contributed by atoms with Crippen LogP contribution in [0.15, 0.2) is 6.20 Å². The van der Waals surface area contributed by atoms with Crippen LogP contribution in [0.3, 0.4) is 0 Å². The van der Waals surface area contributed by atoms with E-state index >= 15 is 0 Å². The Hall–Kier alpha value is -0.740. The molecule has 1 aromatic rings. The maximum absolute atomic E-state index is 10.4. The van der Waals surface area contributed by atoms with E-state index in [0.29, 0.717) is 12.3 Å². The normalized spacial score (nSPS) is 18.8. The van der Waals surface area contributed by atoms with Crippen LogP contribution in [0.5, 0.6) is 0 Å². The molecule has 1 fully saturated rings. The molecule has 0 radical (unpaired) electrons. The fraction of sp³-hybridized carbons (Fsp3) is 0.667. The van der Waals surface area contributed by atoms with Crippen molar-refractivity contribution in [3.05, 3.63) is 16.1 Å². The van der Waals surface area contributed by atoms with Gasteiger partial charge in [0, 0.05) is 23.4 Å². The molecule has 0 unspecified atom stereocenters. The van der Waals surface area contributed by atoms with Crippen molar-refractivity contribution < 1.29 is 4.79 Å². The van der Waals surface area contributed by atoms with Crippen LogP contribution in [0.4, 0.5) is 0 Å². The van der Waals surface area contributed by atoms with Crippen molar-refractivity contribution in [1.82, 2.24) is 9.88 Å². The van der Waals surface area contributed by atoms with E-state index in [1.807, 2.05) is 6.20 Å². The van der Waals surface area contributed by atoms with Gasteiger partial charge < -0.3 is 9.69 Å². The minimum atomic E-state index is 0.519. The zero-order valence-electron chi connectivity index (χ0n) is 9.69. The number of carbonyl (C=O) groups is 1. The highest BCUT2D eigenvalue weighted by molar-refractivity contribution is 7.11. The van der Waals surface area contributed by atoms with Crippen LogP contribution in [0.25, 0.3) is 0 Å². The van der Waals surface area contributed by atoms with Gasteiger partial charge in [-0.15, -0.1) is 11.3 Å².